The number of benzene rings is 3. The van der Waals surface area contributed by atoms with Crippen LogP contribution in [0.15, 0.2) is 66.7 Å². The summed E-state index contributed by atoms with van der Waals surface area (Å²) in [4.78, 5) is 41.5. The maximum Gasteiger partial charge on any atom is 0.261 e. The molecule has 0 N–H and O–H groups in total. The van der Waals surface area contributed by atoms with E-state index in [1.807, 2.05) is 48.5 Å². The zero-order chi connectivity index (χ0) is 22.9. The van der Waals surface area contributed by atoms with Gasteiger partial charge in [0.25, 0.3) is 17.7 Å². The first kappa shape index (κ1) is 20.8. The molecule has 33 heavy (non-hydrogen) atoms. The molecule has 166 valence electrons. The number of carbonyl (C=O) groups is 3. The molecule has 3 amide bonds. The lowest BCUT2D eigenvalue weighted by molar-refractivity contribution is 0.0655. The second-order valence-corrected chi connectivity index (χ2v) is 8.11. The molecule has 2 heterocycles. The first-order valence-electron chi connectivity index (χ1n) is 10.7. The van der Waals surface area contributed by atoms with Crippen LogP contribution in [0, 0.1) is 0 Å². The predicted molar refractivity (Wildman–Crippen MR) is 120 cm³/mol. The van der Waals surface area contributed by atoms with Crippen LogP contribution in [0.3, 0.4) is 0 Å². The predicted octanol–water partition coefficient (Wildman–Crippen LogP) is 3.53. The van der Waals surface area contributed by atoms with Crippen molar-refractivity contribution in [2.24, 2.45) is 0 Å². The quantitative estimate of drug-likeness (QED) is 0.546. The van der Waals surface area contributed by atoms with Gasteiger partial charge in [0.2, 0.25) is 6.79 Å². The summed E-state index contributed by atoms with van der Waals surface area (Å²) in [5, 5.41) is 0. The Morgan fingerprint density at radius 1 is 0.879 bits per heavy atom. The van der Waals surface area contributed by atoms with E-state index >= 15 is 0 Å². The molecule has 2 aliphatic heterocycles. The lowest BCUT2D eigenvalue weighted by Crippen LogP contribution is -2.31. The second kappa shape index (κ2) is 8.43. The van der Waals surface area contributed by atoms with E-state index in [9.17, 15) is 14.4 Å². The summed E-state index contributed by atoms with van der Waals surface area (Å²) in [6, 6.07) is 19.9. The fourth-order valence-electron chi connectivity index (χ4n) is 4.12. The second-order valence-electron chi connectivity index (χ2n) is 8.11. The number of hydrogen-bond donors (Lipinski definition) is 0. The van der Waals surface area contributed by atoms with Crippen molar-refractivity contribution >= 4 is 17.7 Å². The third-order valence-corrected chi connectivity index (χ3v) is 5.89. The summed E-state index contributed by atoms with van der Waals surface area (Å²) in [6.45, 7) is 0.851. The topological polar surface area (TPSA) is 76.2 Å². The lowest BCUT2D eigenvalue weighted by Gasteiger charge is -2.18. The Hall–Kier alpha value is -4.13. The van der Waals surface area contributed by atoms with Crippen molar-refractivity contribution in [3.05, 3.63) is 94.5 Å². The summed E-state index contributed by atoms with van der Waals surface area (Å²) in [6.07, 6.45) is 0.580. The van der Waals surface area contributed by atoms with Gasteiger partial charge in [-0.25, -0.2) is 0 Å². The van der Waals surface area contributed by atoms with E-state index in [0.29, 0.717) is 42.1 Å². The van der Waals surface area contributed by atoms with Crippen LogP contribution < -0.4 is 9.47 Å². The highest BCUT2D eigenvalue weighted by Gasteiger charge is 2.35. The van der Waals surface area contributed by atoms with Crippen molar-refractivity contribution in [3.63, 3.8) is 0 Å². The van der Waals surface area contributed by atoms with Crippen LogP contribution in [0.5, 0.6) is 11.5 Å². The van der Waals surface area contributed by atoms with Crippen LogP contribution in [0.25, 0.3) is 0 Å². The van der Waals surface area contributed by atoms with Crippen molar-refractivity contribution in [1.82, 2.24) is 9.80 Å². The largest absolute Gasteiger partial charge is 0.454 e. The first-order chi connectivity index (χ1) is 16.0. The average Bonchev–Trinajstić information content (AvgIpc) is 3.40. The van der Waals surface area contributed by atoms with Gasteiger partial charge >= 0.3 is 0 Å². The van der Waals surface area contributed by atoms with Crippen molar-refractivity contribution < 1.29 is 23.9 Å². The van der Waals surface area contributed by atoms with Crippen molar-refractivity contribution in [3.8, 4) is 11.5 Å². The summed E-state index contributed by atoms with van der Waals surface area (Å²) in [5.74, 6) is 0.424. The fraction of sp³-hybridized carbons (Fsp3) is 0.192. The number of fused-ring (bicyclic) bond motifs is 2. The first-order valence-corrected chi connectivity index (χ1v) is 10.7. The Kier molecular flexibility index (Phi) is 5.30. The maximum atomic E-state index is 13.0. The number of imide groups is 1. The van der Waals surface area contributed by atoms with E-state index in [4.69, 9.17) is 9.47 Å². The Morgan fingerprint density at radius 2 is 1.64 bits per heavy atom. The van der Waals surface area contributed by atoms with Gasteiger partial charge in [-0.1, -0.05) is 36.4 Å². The van der Waals surface area contributed by atoms with Crippen molar-refractivity contribution in [2.45, 2.75) is 13.0 Å². The zero-order valence-corrected chi connectivity index (χ0v) is 18.1. The minimum Gasteiger partial charge on any atom is -0.454 e. The Balaban J connectivity index is 1.29. The molecule has 0 aliphatic carbocycles. The molecule has 7 nitrogen and oxygen atoms in total. The molecule has 3 aromatic rings. The number of hydrogen-bond acceptors (Lipinski definition) is 5. The van der Waals surface area contributed by atoms with Gasteiger partial charge in [0, 0.05) is 25.7 Å². The van der Waals surface area contributed by atoms with Gasteiger partial charge in [0.1, 0.15) is 0 Å². The van der Waals surface area contributed by atoms with Crippen LogP contribution in [-0.2, 0) is 13.0 Å². The number of ether oxygens (including phenoxy) is 2. The van der Waals surface area contributed by atoms with Gasteiger partial charge in [-0.3, -0.25) is 19.3 Å². The van der Waals surface area contributed by atoms with E-state index < -0.39 is 0 Å². The third kappa shape index (κ3) is 3.93. The highest BCUT2D eigenvalue weighted by atomic mass is 16.7. The van der Waals surface area contributed by atoms with E-state index in [0.717, 1.165) is 11.1 Å². The van der Waals surface area contributed by atoms with E-state index in [2.05, 4.69) is 0 Å². The highest BCUT2D eigenvalue weighted by molar-refractivity contribution is 6.22. The Morgan fingerprint density at radius 3 is 2.45 bits per heavy atom. The van der Waals surface area contributed by atoms with Gasteiger partial charge in [-0.2, -0.15) is 0 Å². The molecule has 3 aromatic carbocycles. The highest BCUT2D eigenvalue weighted by Crippen LogP contribution is 2.33. The Bertz CT molecular complexity index is 1250. The maximum absolute atomic E-state index is 13.0. The SMILES string of the molecule is CN(Cc1ccc2c(c1)OCO2)C(=O)c1ccc2c(c1)C(=O)N(CCc1ccccc1)C2=O. The minimum atomic E-state index is -0.362. The van der Waals surface area contributed by atoms with E-state index in [1.54, 1.807) is 24.1 Å². The minimum absolute atomic E-state index is 0.192. The molecule has 0 fully saturated rings. The van der Waals surface area contributed by atoms with Crippen LogP contribution >= 0.6 is 0 Å². The van der Waals surface area contributed by atoms with Gasteiger partial charge in [0.15, 0.2) is 11.5 Å². The molecular weight excluding hydrogens is 420 g/mol. The molecule has 0 spiro atoms. The number of rotatable bonds is 6. The van der Waals surface area contributed by atoms with Gasteiger partial charge < -0.3 is 14.4 Å². The van der Waals surface area contributed by atoms with Crippen LogP contribution in [0.4, 0.5) is 0 Å². The number of amides is 3. The summed E-state index contributed by atoms with van der Waals surface area (Å²) >= 11 is 0. The molecule has 7 heteroatoms. The standard InChI is InChI=1S/C26H22N2O5/c1-27(15-18-7-10-22-23(13-18)33-16-32-22)24(29)19-8-9-20-21(14-19)26(31)28(25(20)30)12-11-17-5-3-2-4-6-17/h2-10,13-14H,11-12,15-16H2,1H3. The van der Waals surface area contributed by atoms with Crippen LogP contribution in [0.2, 0.25) is 0 Å². The smallest absolute Gasteiger partial charge is 0.261 e. The van der Waals surface area contributed by atoms with Gasteiger partial charge in [-0.15, -0.1) is 0 Å². The van der Waals surface area contributed by atoms with Crippen molar-refractivity contribution in [1.29, 1.82) is 0 Å². The summed E-state index contributed by atoms with van der Waals surface area (Å²) in [7, 11) is 1.69. The van der Waals surface area contributed by atoms with E-state index in [-0.39, 0.29) is 30.1 Å². The average molecular weight is 442 g/mol. The monoisotopic (exact) mass is 442 g/mol. The molecule has 0 atom stereocenters. The summed E-state index contributed by atoms with van der Waals surface area (Å²) in [5.41, 5.74) is 2.92. The molecule has 0 bridgehead atoms. The normalized spacial score (nSPS) is 13.9. The zero-order valence-electron chi connectivity index (χ0n) is 18.1. The van der Waals surface area contributed by atoms with Gasteiger partial charge in [-0.05, 0) is 47.9 Å². The van der Waals surface area contributed by atoms with Gasteiger partial charge in [0.05, 0.1) is 11.1 Å². The Labute approximate surface area is 191 Å². The molecule has 2 aliphatic rings. The third-order valence-electron chi connectivity index (χ3n) is 5.89. The van der Waals surface area contributed by atoms with E-state index in [1.165, 1.54) is 11.0 Å². The molecule has 0 saturated heterocycles. The molecular formula is C26H22N2O5. The fourth-order valence-corrected chi connectivity index (χ4v) is 4.12. The molecule has 0 unspecified atom stereocenters. The molecule has 0 saturated carbocycles. The number of nitrogens with zero attached hydrogens (tertiary/aromatic N) is 2. The number of carbonyl (C=O) groups excluding carboxylic acids is 3. The molecule has 5 rings (SSSR count). The molecule has 0 radical (unpaired) electrons. The van der Waals surface area contributed by atoms with Crippen LogP contribution in [0.1, 0.15) is 42.2 Å². The molecule has 0 aromatic heterocycles. The van der Waals surface area contributed by atoms with Crippen LogP contribution in [-0.4, -0.2) is 47.9 Å². The van der Waals surface area contributed by atoms with Crippen molar-refractivity contribution in [2.75, 3.05) is 20.4 Å². The summed E-state index contributed by atoms with van der Waals surface area (Å²) < 4.78 is 10.7. The lowest BCUT2D eigenvalue weighted by atomic mass is 10.0.